The van der Waals surface area contributed by atoms with Gasteiger partial charge in [0.15, 0.2) is 0 Å². The average molecular weight is 271 g/mol. The van der Waals surface area contributed by atoms with Crippen LogP contribution in [0.5, 0.6) is 0 Å². The lowest BCUT2D eigenvalue weighted by Crippen LogP contribution is -2.25. The molecule has 1 aromatic heterocycles. The van der Waals surface area contributed by atoms with Gasteiger partial charge in [-0.25, -0.2) is 4.79 Å². The Labute approximate surface area is 112 Å². The topological polar surface area (TPSA) is 53.7 Å². The lowest BCUT2D eigenvalue weighted by atomic mass is 10.3. The molecule has 1 heterocycles. The molecule has 5 heteroatoms. The van der Waals surface area contributed by atoms with E-state index < -0.39 is 5.97 Å². The molecule has 0 unspecified atom stereocenters. The van der Waals surface area contributed by atoms with Gasteiger partial charge in [0.1, 0.15) is 5.76 Å². The van der Waals surface area contributed by atoms with Gasteiger partial charge < -0.3 is 14.4 Å². The molecule has 4 nitrogen and oxygen atoms in total. The van der Waals surface area contributed by atoms with Gasteiger partial charge in [0.05, 0.1) is 5.75 Å². The minimum absolute atomic E-state index is 0.0642. The van der Waals surface area contributed by atoms with Gasteiger partial charge in [-0.15, -0.1) is 0 Å². The zero-order valence-corrected chi connectivity index (χ0v) is 12.0. The maximum atomic E-state index is 10.8. The molecule has 0 bridgehead atoms. The van der Waals surface area contributed by atoms with Crippen molar-refractivity contribution >= 4 is 17.7 Å². The van der Waals surface area contributed by atoms with Crippen molar-refractivity contribution < 1.29 is 14.3 Å². The molecule has 0 aromatic carbocycles. The van der Waals surface area contributed by atoms with E-state index in [0.717, 1.165) is 36.9 Å². The molecule has 1 aromatic rings. The number of hydrogen-bond acceptors (Lipinski definition) is 4. The van der Waals surface area contributed by atoms with Crippen LogP contribution in [0.25, 0.3) is 0 Å². The van der Waals surface area contributed by atoms with Crippen LogP contribution in [-0.4, -0.2) is 41.4 Å². The molecule has 0 saturated heterocycles. The van der Waals surface area contributed by atoms with Crippen LogP contribution >= 0.6 is 11.8 Å². The molecular weight excluding hydrogens is 250 g/mol. The van der Waals surface area contributed by atoms with E-state index in [0.29, 0.717) is 5.56 Å². The molecule has 18 heavy (non-hydrogen) atoms. The SMILES string of the molecule is CCN(CC)CCSCc1cc(C)c(C(=O)O)o1. The van der Waals surface area contributed by atoms with Crippen LogP contribution in [0.1, 0.15) is 35.7 Å². The summed E-state index contributed by atoms with van der Waals surface area (Å²) in [5.74, 6) is 1.58. The number of aromatic carboxylic acids is 1. The minimum atomic E-state index is -0.994. The minimum Gasteiger partial charge on any atom is -0.475 e. The monoisotopic (exact) mass is 271 g/mol. The Hall–Kier alpha value is -0.940. The highest BCUT2D eigenvalue weighted by Crippen LogP contribution is 2.19. The fourth-order valence-corrected chi connectivity index (χ4v) is 2.61. The molecule has 0 spiro atoms. The second-order valence-corrected chi connectivity index (χ2v) is 5.21. The fourth-order valence-electron chi connectivity index (χ4n) is 1.74. The summed E-state index contributed by atoms with van der Waals surface area (Å²) in [6, 6.07) is 1.81. The summed E-state index contributed by atoms with van der Waals surface area (Å²) in [5, 5.41) is 8.88. The van der Waals surface area contributed by atoms with Gasteiger partial charge in [0.2, 0.25) is 5.76 Å². The first kappa shape index (κ1) is 15.1. The van der Waals surface area contributed by atoms with Gasteiger partial charge in [0, 0.05) is 17.9 Å². The standard InChI is InChI=1S/C13H21NO3S/c1-4-14(5-2)6-7-18-9-11-8-10(3)12(17-11)13(15)16/h8H,4-7,9H2,1-3H3,(H,15,16). The molecule has 0 aliphatic carbocycles. The van der Waals surface area contributed by atoms with Gasteiger partial charge in [0.25, 0.3) is 0 Å². The summed E-state index contributed by atoms with van der Waals surface area (Å²) in [6.07, 6.45) is 0. The predicted octanol–water partition coefficient (Wildman–Crippen LogP) is 2.86. The van der Waals surface area contributed by atoms with E-state index >= 15 is 0 Å². The maximum absolute atomic E-state index is 10.8. The van der Waals surface area contributed by atoms with Crippen LogP contribution in [0.15, 0.2) is 10.5 Å². The molecule has 1 N–H and O–H groups in total. The maximum Gasteiger partial charge on any atom is 0.372 e. The third-order valence-corrected chi connectivity index (χ3v) is 3.81. The average Bonchev–Trinajstić information content (AvgIpc) is 2.71. The Morgan fingerprint density at radius 1 is 1.44 bits per heavy atom. The molecule has 0 aliphatic heterocycles. The number of carboxylic acid groups (broad SMARTS) is 1. The van der Waals surface area contributed by atoms with Crippen molar-refractivity contribution in [2.75, 3.05) is 25.4 Å². The molecule has 102 valence electrons. The lowest BCUT2D eigenvalue weighted by molar-refractivity contribution is 0.0659. The van der Waals surface area contributed by atoms with Gasteiger partial charge in [-0.1, -0.05) is 13.8 Å². The van der Waals surface area contributed by atoms with E-state index in [1.807, 2.05) is 6.07 Å². The van der Waals surface area contributed by atoms with Crippen LogP contribution < -0.4 is 0 Å². The summed E-state index contributed by atoms with van der Waals surface area (Å²) >= 11 is 1.77. The Morgan fingerprint density at radius 3 is 2.61 bits per heavy atom. The first-order valence-corrected chi connectivity index (χ1v) is 7.36. The van der Waals surface area contributed by atoms with E-state index in [-0.39, 0.29) is 5.76 Å². The Balaban J connectivity index is 2.36. The number of carbonyl (C=O) groups is 1. The lowest BCUT2D eigenvalue weighted by Gasteiger charge is -2.16. The van der Waals surface area contributed by atoms with Gasteiger partial charge in [-0.05, 0) is 26.1 Å². The fraction of sp³-hybridized carbons (Fsp3) is 0.615. The van der Waals surface area contributed by atoms with E-state index in [1.165, 1.54) is 0 Å². The van der Waals surface area contributed by atoms with Crippen molar-refractivity contribution in [3.63, 3.8) is 0 Å². The van der Waals surface area contributed by atoms with E-state index in [2.05, 4.69) is 18.7 Å². The summed E-state index contributed by atoms with van der Waals surface area (Å²) in [5.41, 5.74) is 0.696. The van der Waals surface area contributed by atoms with E-state index in [9.17, 15) is 4.79 Å². The number of carboxylic acids is 1. The Kier molecular flexibility index (Phi) is 6.29. The quantitative estimate of drug-likeness (QED) is 0.737. The van der Waals surface area contributed by atoms with Crippen molar-refractivity contribution in [3.05, 3.63) is 23.2 Å². The van der Waals surface area contributed by atoms with Crippen LogP contribution in [-0.2, 0) is 5.75 Å². The van der Waals surface area contributed by atoms with Gasteiger partial charge in [-0.2, -0.15) is 11.8 Å². The first-order chi connectivity index (χ1) is 8.58. The van der Waals surface area contributed by atoms with Crippen LogP contribution in [0.4, 0.5) is 0 Å². The first-order valence-electron chi connectivity index (χ1n) is 6.21. The largest absolute Gasteiger partial charge is 0.475 e. The summed E-state index contributed by atoms with van der Waals surface area (Å²) < 4.78 is 5.30. The summed E-state index contributed by atoms with van der Waals surface area (Å²) in [6.45, 7) is 9.27. The smallest absolute Gasteiger partial charge is 0.372 e. The number of rotatable bonds is 8. The molecule has 0 radical (unpaired) electrons. The van der Waals surface area contributed by atoms with Crippen LogP contribution in [0.3, 0.4) is 0 Å². The van der Waals surface area contributed by atoms with Crippen LogP contribution in [0.2, 0.25) is 0 Å². The third kappa shape index (κ3) is 4.38. The third-order valence-electron chi connectivity index (χ3n) is 2.85. The molecule has 0 aliphatic rings. The predicted molar refractivity (Wildman–Crippen MR) is 74.4 cm³/mol. The van der Waals surface area contributed by atoms with Gasteiger partial charge in [-0.3, -0.25) is 0 Å². The van der Waals surface area contributed by atoms with Crippen molar-refractivity contribution in [2.24, 2.45) is 0 Å². The number of thioether (sulfide) groups is 1. The van der Waals surface area contributed by atoms with E-state index in [4.69, 9.17) is 9.52 Å². The van der Waals surface area contributed by atoms with Gasteiger partial charge >= 0.3 is 5.97 Å². The van der Waals surface area contributed by atoms with Crippen LogP contribution in [0, 0.1) is 6.92 Å². The van der Waals surface area contributed by atoms with Crippen molar-refractivity contribution in [1.82, 2.24) is 4.90 Å². The second kappa shape index (κ2) is 7.48. The molecule has 0 fully saturated rings. The molecule has 0 amide bonds. The molecule has 0 saturated carbocycles. The number of aryl methyl sites for hydroxylation is 1. The highest BCUT2D eigenvalue weighted by atomic mass is 32.2. The second-order valence-electron chi connectivity index (χ2n) is 4.11. The zero-order chi connectivity index (χ0) is 13.5. The Bertz CT molecular complexity index is 386. The van der Waals surface area contributed by atoms with Crippen molar-refractivity contribution in [1.29, 1.82) is 0 Å². The normalized spacial score (nSPS) is 11.1. The molecule has 0 atom stereocenters. The number of furan rings is 1. The van der Waals surface area contributed by atoms with E-state index in [1.54, 1.807) is 18.7 Å². The highest BCUT2D eigenvalue weighted by molar-refractivity contribution is 7.98. The van der Waals surface area contributed by atoms with Crippen molar-refractivity contribution in [2.45, 2.75) is 26.5 Å². The number of nitrogens with zero attached hydrogens (tertiary/aromatic N) is 1. The highest BCUT2D eigenvalue weighted by Gasteiger charge is 2.14. The molecular formula is C13H21NO3S. The van der Waals surface area contributed by atoms with Crippen molar-refractivity contribution in [3.8, 4) is 0 Å². The molecule has 1 rings (SSSR count). The summed E-state index contributed by atoms with van der Waals surface area (Å²) in [4.78, 5) is 13.2. The number of hydrogen-bond donors (Lipinski definition) is 1. The Morgan fingerprint density at radius 2 is 2.11 bits per heavy atom. The summed E-state index contributed by atoms with van der Waals surface area (Å²) in [7, 11) is 0. The zero-order valence-electron chi connectivity index (χ0n) is 11.2.